The molecule has 0 bridgehead atoms. The summed E-state index contributed by atoms with van der Waals surface area (Å²) in [7, 11) is 0. The summed E-state index contributed by atoms with van der Waals surface area (Å²) < 4.78 is 6.68. The number of carbonyl (C=O) groups is 2. The molecule has 0 aliphatic carbocycles. The van der Waals surface area contributed by atoms with Crippen molar-refractivity contribution in [3.63, 3.8) is 0 Å². The van der Waals surface area contributed by atoms with Crippen molar-refractivity contribution < 1.29 is 14.3 Å². The van der Waals surface area contributed by atoms with E-state index in [-0.39, 0.29) is 12.2 Å². The van der Waals surface area contributed by atoms with Crippen LogP contribution in [-0.4, -0.2) is 18.4 Å². The zero-order valence-electron chi connectivity index (χ0n) is 15.2. The summed E-state index contributed by atoms with van der Waals surface area (Å²) in [6.45, 7) is 3.49. The maximum absolute atomic E-state index is 12.6. The SMILES string of the molecule is Cc1cccc(NC(=O)/C(C#N)=C\c2cc(Br)cc(Br)c2OCC(N)=O)c1C. The lowest BCUT2D eigenvalue weighted by Gasteiger charge is -2.12. The Hall–Kier alpha value is -2.63. The minimum absolute atomic E-state index is 0.116. The van der Waals surface area contributed by atoms with Crippen molar-refractivity contribution in [3.8, 4) is 11.8 Å². The Morgan fingerprint density at radius 1 is 1.29 bits per heavy atom. The van der Waals surface area contributed by atoms with Gasteiger partial charge in [-0.05, 0) is 65.2 Å². The highest BCUT2D eigenvalue weighted by Crippen LogP contribution is 2.34. The van der Waals surface area contributed by atoms with Gasteiger partial charge in [-0.2, -0.15) is 5.26 Å². The Bertz CT molecular complexity index is 1010. The molecule has 0 atom stereocenters. The van der Waals surface area contributed by atoms with E-state index in [1.807, 2.05) is 32.0 Å². The topological polar surface area (TPSA) is 105 Å². The predicted molar refractivity (Wildman–Crippen MR) is 115 cm³/mol. The maximum Gasteiger partial charge on any atom is 0.266 e. The number of nitriles is 1. The van der Waals surface area contributed by atoms with E-state index in [4.69, 9.17) is 10.5 Å². The number of benzene rings is 2. The fraction of sp³-hybridized carbons (Fsp3) is 0.150. The van der Waals surface area contributed by atoms with Gasteiger partial charge in [0, 0.05) is 15.7 Å². The largest absolute Gasteiger partial charge is 0.482 e. The fourth-order valence-corrected chi connectivity index (χ4v) is 3.74. The number of nitrogens with zero attached hydrogens (tertiary/aromatic N) is 1. The van der Waals surface area contributed by atoms with Gasteiger partial charge in [-0.1, -0.05) is 28.1 Å². The van der Waals surface area contributed by atoms with E-state index in [1.54, 1.807) is 18.2 Å². The number of ether oxygens (including phenoxy) is 1. The number of hydrogen-bond donors (Lipinski definition) is 2. The molecular weight excluding hydrogens is 490 g/mol. The number of hydrogen-bond acceptors (Lipinski definition) is 4. The van der Waals surface area contributed by atoms with Crippen LogP contribution in [0.2, 0.25) is 0 Å². The second-order valence-corrected chi connectivity index (χ2v) is 7.70. The molecule has 2 rings (SSSR count). The summed E-state index contributed by atoms with van der Waals surface area (Å²) in [6.07, 6.45) is 1.40. The van der Waals surface area contributed by atoms with Crippen molar-refractivity contribution in [2.45, 2.75) is 13.8 Å². The van der Waals surface area contributed by atoms with Gasteiger partial charge in [-0.3, -0.25) is 9.59 Å². The number of primary amides is 1. The normalized spacial score (nSPS) is 10.9. The van der Waals surface area contributed by atoms with Crippen LogP contribution in [-0.2, 0) is 9.59 Å². The van der Waals surface area contributed by atoms with Crippen LogP contribution in [0.15, 0.2) is 44.9 Å². The summed E-state index contributed by atoms with van der Waals surface area (Å²) in [5.41, 5.74) is 8.04. The summed E-state index contributed by atoms with van der Waals surface area (Å²) in [4.78, 5) is 23.7. The molecule has 3 N–H and O–H groups in total. The molecule has 0 radical (unpaired) electrons. The Labute approximate surface area is 179 Å². The van der Waals surface area contributed by atoms with Gasteiger partial charge in [0.25, 0.3) is 11.8 Å². The molecule has 0 aliphatic heterocycles. The van der Waals surface area contributed by atoms with Gasteiger partial charge in [-0.15, -0.1) is 0 Å². The molecule has 0 fully saturated rings. The van der Waals surface area contributed by atoms with Crippen LogP contribution in [0.1, 0.15) is 16.7 Å². The number of nitrogens with two attached hydrogens (primary N) is 1. The van der Waals surface area contributed by atoms with Gasteiger partial charge in [-0.25, -0.2) is 0 Å². The standard InChI is InChI=1S/C20H17Br2N3O3/c1-11-4-3-5-17(12(11)2)25-20(27)14(9-23)6-13-7-15(21)8-16(22)19(13)28-10-18(24)26/h3-8H,10H2,1-2H3,(H2,24,26)(H,25,27)/b14-6-. The molecule has 144 valence electrons. The van der Waals surface area contributed by atoms with E-state index in [2.05, 4.69) is 37.2 Å². The molecule has 0 heterocycles. The Kier molecular flexibility index (Phi) is 7.38. The lowest BCUT2D eigenvalue weighted by Crippen LogP contribution is -2.20. The molecule has 6 nitrogen and oxygen atoms in total. The first-order valence-corrected chi connectivity index (χ1v) is 9.71. The lowest BCUT2D eigenvalue weighted by atomic mass is 10.1. The van der Waals surface area contributed by atoms with Crippen LogP contribution in [0.4, 0.5) is 5.69 Å². The van der Waals surface area contributed by atoms with Crippen LogP contribution in [0, 0.1) is 25.2 Å². The first-order valence-electron chi connectivity index (χ1n) is 8.12. The van der Waals surface area contributed by atoms with E-state index < -0.39 is 11.8 Å². The molecule has 2 aromatic carbocycles. The monoisotopic (exact) mass is 505 g/mol. The minimum Gasteiger partial charge on any atom is -0.482 e. The molecule has 2 aromatic rings. The third kappa shape index (κ3) is 5.44. The fourth-order valence-electron chi connectivity index (χ4n) is 2.36. The first-order chi connectivity index (χ1) is 13.2. The van der Waals surface area contributed by atoms with Crippen molar-refractivity contribution in [2.75, 3.05) is 11.9 Å². The molecule has 28 heavy (non-hydrogen) atoms. The van der Waals surface area contributed by atoms with Gasteiger partial charge in [0.2, 0.25) is 0 Å². The predicted octanol–water partition coefficient (Wildman–Crippen LogP) is 4.24. The molecule has 0 unspecified atom stereocenters. The minimum atomic E-state index is -0.641. The number of aryl methyl sites for hydroxylation is 1. The van der Waals surface area contributed by atoms with E-state index in [1.165, 1.54) is 6.08 Å². The van der Waals surface area contributed by atoms with Crippen molar-refractivity contribution >= 4 is 55.4 Å². The molecule has 0 aromatic heterocycles. The van der Waals surface area contributed by atoms with E-state index in [9.17, 15) is 14.9 Å². The average molecular weight is 507 g/mol. The average Bonchev–Trinajstić information content (AvgIpc) is 2.62. The second kappa shape index (κ2) is 9.53. The Morgan fingerprint density at radius 2 is 2.00 bits per heavy atom. The van der Waals surface area contributed by atoms with E-state index in [0.29, 0.717) is 25.9 Å². The maximum atomic E-state index is 12.6. The van der Waals surface area contributed by atoms with Crippen LogP contribution in [0.25, 0.3) is 6.08 Å². The van der Waals surface area contributed by atoms with Gasteiger partial charge >= 0.3 is 0 Å². The smallest absolute Gasteiger partial charge is 0.266 e. The number of rotatable bonds is 6. The summed E-state index contributed by atoms with van der Waals surface area (Å²) in [6, 6.07) is 10.8. The molecule has 2 amide bonds. The van der Waals surface area contributed by atoms with Crippen LogP contribution < -0.4 is 15.8 Å². The summed E-state index contributed by atoms with van der Waals surface area (Å²) in [5, 5.41) is 12.2. The van der Waals surface area contributed by atoms with Crippen molar-refractivity contribution in [2.24, 2.45) is 5.73 Å². The van der Waals surface area contributed by atoms with Crippen molar-refractivity contribution in [3.05, 3.63) is 61.5 Å². The third-order valence-electron chi connectivity index (χ3n) is 3.91. The third-order valence-corrected chi connectivity index (χ3v) is 4.96. The summed E-state index contributed by atoms with van der Waals surface area (Å²) in [5.74, 6) is -0.889. The highest BCUT2D eigenvalue weighted by atomic mass is 79.9. The van der Waals surface area contributed by atoms with Crippen LogP contribution in [0.3, 0.4) is 0 Å². The molecule has 0 spiro atoms. The first kappa shape index (κ1) is 21.7. The van der Waals surface area contributed by atoms with Crippen molar-refractivity contribution in [1.82, 2.24) is 0 Å². The van der Waals surface area contributed by atoms with Crippen LogP contribution >= 0.6 is 31.9 Å². The zero-order valence-corrected chi connectivity index (χ0v) is 18.3. The number of anilines is 1. The molecule has 0 saturated carbocycles. The van der Waals surface area contributed by atoms with E-state index >= 15 is 0 Å². The Morgan fingerprint density at radius 3 is 2.64 bits per heavy atom. The van der Waals surface area contributed by atoms with Crippen molar-refractivity contribution in [1.29, 1.82) is 5.26 Å². The second-order valence-electron chi connectivity index (χ2n) is 5.93. The molecule has 0 aliphatic rings. The number of carbonyl (C=O) groups excluding carboxylic acids is 2. The quantitative estimate of drug-likeness (QED) is 0.451. The number of nitrogens with one attached hydrogen (secondary N) is 1. The molecule has 0 saturated heterocycles. The van der Waals surface area contributed by atoms with Crippen LogP contribution in [0.5, 0.6) is 5.75 Å². The Balaban J connectivity index is 2.40. The number of amides is 2. The van der Waals surface area contributed by atoms with Gasteiger partial charge < -0.3 is 15.8 Å². The highest BCUT2D eigenvalue weighted by Gasteiger charge is 2.15. The molecule has 8 heteroatoms. The van der Waals surface area contributed by atoms with Gasteiger partial charge in [0.05, 0.1) is 4.47 Å². The van der Waals surface area contributed by atoms with E-state index in [0.717, 1.165) is 11.1 Å². The summed E-state index contributed by atoms with van der Waals surface area (Å²) >= 11 is 6.71. The highest BCUT2D eigenvalue weighted by molar-refractivity contribution is 9.11. The van der Waals surface area contributed by atoms with Gasteiger partial charge in [0.15, 0.2) is 6.61 Å². The number of halogens is 2. The van der Waals surface area contributed by atoms with Gasteiger partial charge in [0.1, 0.15) is 17.4 Å². The molecular formula is C20H17Br2N3O3. The lowest BCUT2D eigenvalue weighted by molar-refractivity contribution is -0.120. The zero-order chi connectivity index (χ0) is 20.8.